The second kappa shape index (κ2) is 12.5. The molecule has 2 aliphatic heterocycles. The molecule has 1 fully saturated rings. The van der Waals surface area contributed by atoms with Crippen LogP contribution >= 0.6 is 15.9 Å². The Kier molecular flexibility index (Phi) is 9.51. The van der Waals surface area contributed by atoms with Gasteiger partial charge in [-0.3, -0.25) is 15.3 Å². The molecular weight excluding hydrogens is 629 g/mol. The summed E-state index contributed by atoms with van der Waals surface area (Å²) in [6, 6.07) is 9.69. The molecular formula is C26H32BrF3N6O4S. The van der Waals surface area contributed by atoms with Crippen molar-refractivity contribution >= 4 is 43.5 Å². The summed E-state index contributed by atoms with van der Waals surface area (Å²) in [5.41, 5.74) is 6.45. The highest BCUT2D eigenvalue weighted by atomic mass is 79.9. The summed E-state index contributed by atoms with van der Waals surface area (Å²) in [6.07, 6.45) is -3.31. The lowest BCUT2D eigenvalue weighted by molar-refractivity contribution is -0.137. The Hall–Kier alpha value is -2.88. The molecule has 1 saturated heterocycles. The summed E-state index contributed by atoms with van der Waals surface area (Å²) >= 11 is 3.45. The van der Waals surface area contributed by atoms with Crippen molar-refractivity contribution in [2.24, 2.45) is 4.99 Å². The van der Waals surface area contributed by atoms with Gasteiger partial charge in [-0.15, -0.1) is 10.7 Å². The van der Waals surface area contributed by atoms with Gasteiger partial charge in [0.15, 0.2) is 0 Å². The van der Waals surface area contributed by atoms with Gasteiger partial charge in [0, 0.05) is 28.9 Å². The van der Waals surface area contributed by atoms with Gasteiger partial charge in [0.2, 0.25) is 5.96 Å². The zero-order valence-corrected chi connectivity index (χ0v) is 25.2. The third kappa shape index (κ3) is 7.50. The molecule has 2 aromatic rings. The van der Waals surface area contributed by atoms with Gasteiger partial charge in [-0.2, -0.15) is 13.2 Å². The Morgan fingerprint density at radius 1 is 1.20 bits per heavy atom. The molecule has 0 saturated carbocycles. The van der Waals surface area contributed by atoms with Crippen LogP contribution in [0.1, 0.15) is 49.4 Å². The number of alkyl halides is 3. The molecule has 0 aromatic heterocycles. The van der Waals surface area contributed by atoms with Crippen molar-refractivity contribution in [3.8, 4) is 0 Å². The predicted molar refractivity (Wildman–Crippen MR) is 152 cm³/mol. The number of sulfone groups is 1. The van der Waals surface area contributed by atoms with Crippen molar-refractivity contribution in [3.63, 3.8) is 0 Å². The number of carbonyl (C=O) groups excluding carboxylic acids is 1. The van der Waals surface area contributed by atoms with Crippen LogP contribution in [0.4, 0.5) is 23.7 Å². The second-order valence-corrected chi connectivity index (χ2v) is 13.0. The minimum absolute atomic E-state index is 0.0898. The third-order valence-corrected chi connectivity index (χ3v) is 8.19. The van der Waals surface area contributed by atoms with Gasteiger partial charge in [-0.1, -0.05) is 35.0 Å². The van der Waals surface area contributed by atoms with E-state index < -0.39 is 33.7 Å². The van der Waals surface area contributed by atoms with Gasteiger partial charge in [0.25, 0.3) is 0 Å². The van der Waals surface area contributed by atoms with Crippen LogP contribution in [-0.4, -0.2) is 61.8 Å². The largest absolute Gasteiger partial charge is 0.449 e. The van der Waals surface area contributed by atoms with Crippen LogP contribution in [0.15, 0.2) is 51.9 Å². The standard InChI is InChI=1S/C26H32BrF3N6O4S/c1-4-20-15-22(21-14-18(26(28,29)30)9-10-23(21)36(20)25(37)40-5-2)31-24-32-33-35(11-12-41(3,38)39)34(24)16-17-7-6-8-19(27)13-17/h6-10,13-14,20,22,33H,4-5,11-12,15-16H2,1-3H3,(H,31,32)/t20-,22+/m1/s1. The van der Waals surface area contributed by atoms with E-state index in [1.807, 2.05) is 31.2 Å². The maximum atomic E-state index is 13.7. The summed E-state index contributed by atoms with van der Waals surface area (Å²) < 4.78 is 71.1. The van der Waals surface area contributed by atoms with Crippen molar-refractivity contribution in [3.05, 3.63) is 63.6 Å². The van der Waals surface area contributed by atoms with Crippen molar-refractivity contribution in [2.45, 2.75) is 51.5 Å². The SMILES string of the molecule is CCOC(=O)N1c2ccc(C(F)(F)F)cc2[C@@H](N=C2NNN(CCS(C)(=O)=O)N2Cc2cccc(Br)c2)C[C@H]1CC. The summed E-state index contributed by atoms with van der Waals surface area (Å²) in [4.78, 5) is 19.2. The fraction of sp³-hybridized carbons (Fsp3) is 0.462. The Labute approximate surface area is 245 Å². The number of halogens is 4. The lowest BCUT2D eigenvalue weighted by atomic mass is 9.89. The van der Waals surface area contributed by atoms with Crippen molar-refractivity contribution in [1.29, 1.82) is 0 Å². The van der Waals surface area contributed by atoms with E-state index in [-0.39, 0.29) is 43.5 Å². The average Bonchev–Trinajstić information content (AvgIpc) is 3.26. The monoisotopic (exact) mass is 660 g/mol. The smallest absolute Gasteiger partial charge is 0.416 e. The molecule has 41 heavy (non-hydrogen) atoms. The lowest BCUT2D eigenvalue weighted by Gasteiger charge is -2.39. The average molecular weight is 662 g/mol. The number of hydrogen-bond donors (Lipinski definition) is 2. The molecule has 10 nitrogen and oxygen atoms in total. The van der Waals surface area contributed by atoms with Crippen LogP contribution in [0.3, 0.4) is 0 Å². The number of aliphatic imine (C=N–C) groups is 1. The number of hydrazine groups is 3. The van der Waals surface area contributed by atoms with E-state index in [1.54, 1.807) is 17.1 Å². The maximum absolute atomic E-state index is 13.7. The molecule has 15 heteroatoms. The number of fused-ring (bicyclic) bond motifs is 1. The molecule has 224 valence electrons. The van der Waals surface area contributed by atoms with Gasteiger partial charge >= 0.3 is 12.3 Å². The number of amides is 1. The summed E-state index contributed by atoms with van der Waals surface area (Å²) in [7, 11) is -3.29. The van der Waals surface area contributed by atoms with E-state index in [9.17, 15) is 26.4 Å². The number of ether oxygens (including phenoxy) is 1. The number of hydrogen-bond acceptors (Lipinski definition) is 7. The number of nitrogens with one attached hydrogen (secondary N) is 2. The summed E-state index contributed by atoms with van der Waals surface area (Å²) in [5, 5.41) is 3.28. The number of carbonyl (C=O) groups is 1. The zero-order valence-electron chi connectivity index (χ0n) is 22.8. The molecule has 0 spiro atoms. The summed E-state index contributed by atoms with van der Waals surface area (Å²) in [5.74, 6) is 0.156. The highest BCUT2D eigenvalue weighted by Gasteiger charge is 2.40. The lowest BCUT2D eigenvalue weighted by Crippen LogP contribution is -2.46. The number of nitrogens with zero attached hydrogens (tertiary/aromatic N) is 4. The van der Waals surface area contributed by atoms with Crippen LogP contribution in [0.2, 0.25) is 0 Å². The number of rotatable bonds is 8. The van der Waals surface area contributed by atoms with Crippen LogP contribution in [0.5, 0.6) is 0 Å². The number of guanidine groups is 1. The Morgan fingerprint density at radius 3 is 2.59 bits per heavy atom. The highest BCUT2D eigenvalue weighted by molar-refractivity contribution is 9.10. The molecule has 2 heterocycles. The fourth-order valence-electron chi connectivity index (χ4n) is 4.81. The molecule has 2 aliphatic rings. The van der Waals surface area contributed by atoms with Crippen LogP contribution in [0.25, 0.3) is 0 Å². The van der Waals surface area contributed by atoms with E-state index in [0.717, 1.165) is 28.4 Å². The van der Waals surface area contributed by atoms with Crippen molar-refractivity contribution in [1.82, 2.24) is 21.1 Å². The minimum Gasteiger partial charge on any atom is -0.449 e. The topological polar surface area (TPSA) is 107 Å². The first-order valence-corrected chi connectivity index (χ1v) is 15.9. The van der Waals surface area contributed by atoms with Crippen LogP contribution in [-0.2, 0) is 27.3 Å². The third-order valence-electron chi connectivity index (χ3n) is 6.78. The maximum Gasteiger partial charge on any atom is 0.416 e. The van der Waals surface area contributed by atoms with E-state index in [4.69, 9.17) is 9.73 Å². The molecule has 0 radical (unpaired) electrons. The Morgan fingerprint density at radius 2 is 1.95 bits per heavy atom. The Balaban J connectivity index is 1.77. The normalized spacial score (nSPS) is 20.7. The van der Waals surface area contributed by atoms with Gasteiger partial charge in [-0.05, 0) is 55.7 Å². The summed E-state index contributed by atoms with van der Waals surface area (Å²) in [6.45, 7) is 4.05. The molecule has 0 aliphatic carbocycles. The van der Waals surface area contributed by atoms with Gasteiger partial charge < -0.3 is 4.74 Å². The van der Waals surface area contributed by atoms with Gasteiger partial charge in [0.1, 0.15) is 9.84 Å². The molecule has 2 N–H and O–H groups in total. The zero-order chi connectivity index (χ0) is 29.9. The quantitative estimate of drug-likeness (QED) is 0.416. The number of anilines is 1. The van der Waals surface area contributed by atoms with E-state index in [0.29, 0.717) is 18.1 Å². The van der Waals surface area contributed by atoms with Crippen molar-refractivity contribution in [2.75, 3.05) is 30.1 Å². The first kappa shape index (κ1) is 31.1. The molecule has 2 aromatic carbocycles. The fourth-order valence-corrected chi connectivity index (χ4v) is 5.76. The van der Waals surface area contributed by atoms with E-state index in [2.05, 4.69) is 26.9 Å². The molecule has 0 unspecified atom stereocenters. The van der Waals surface area contributed by atoms with E-state index >= 15 is 0 Å². The van der Waals surface area contributed by atoms with Crippen LogP contribution < -0.4 is 15.9 Å². The van der Waals surface area contributed by atoms with Crippen molar-refractivity contribution < 1.29 is 31.1 Å². The van der Waals surface area contributed by atoms with Gasteiger partial charge in [0.05, 0.1) is 36.2 Å². The minimum atomic E-state index is -4.59. The molecule has 4 rings (SSSR count). The first-order chi connectivity index (χ1) is 19.3. The molecule has 0 bridgehead atoms. The van der Waals surface area contributed by atoms with Crippen LogP contribution in [0, 0.1) is 0 Å². The molecule has 1 amide bonds. The predicted octanol–water partition coefficient (Wildman–Crippen LogP) is 4.80. The highest BCUT2D eigenvalue weighted by Crippen LogP contribution is 2.43. The number of benzene rings is 2. The second-order valence-electron chi connectivity index (χ2n) is 9.78. The first-order valence-electron chi connectivity index (χ1n) is 13.0. The molecule has 2 atom stereocenters. The van der Waals surface area contributed by atoms with E-state index in [1.165, 1.54) is 11.0 Å². The van der Waals surface area contributed by atoms with Gasteiger partial charge in [-0.25, -0.2) is 18.2 Å². The Bertz CT molecular complexity index is 1410.